The van der Waals surface area contributed by atoms with Crippen molar-refractivity contribution in [3.8, 4) is 0 Å². The third-order valence-electron chi connectivity index (χ3n) is 4.17. The van der Waals surface area contributed by atoms with E-state index in [1.54, 1.807) is 0 Å². The van der Waals surface area contributed by atoms with Crippen LogP contribution in [0.4, 0.5) is 0 Å². The minimum atomic E-state index is 0.758. The monoisotopic (exact) mass is 293 g/mol. The molecule has 1 aromatic rings. The van der Waals surface area contributed by atoms with Gasteiger partial charge in [0.15, 0.2) is 0 Å². The Labute approximate surface area is 127 Å². The predicted octanol–water partition coefficient (Wildman–Crippen LogP) is 2.15. The first-order chi connectivity index (χ1) is 10.4. The maximum atomic E-state index is 5.61. The van der Waals surface area contributed by atoms with Crippen LogP contribution in [0.3, 0.4) is 0 Å². The van der Waals surface area contributed by atoms with E-state index in [1.807, 2.05) is 0 Å². The quantitative estimate of drug-likeness (QED) is 0.923. The maximum Gasteiger partial charge on any atom is 0.0993 e. The van der Waals surface area contributed by atoms with E-state index in [0.29, 0.717) is 0 Å². The van der Waals surface area contributed by atoms with E-state index in [4.69, 9.17) is 9.47 Å². The second-order valence-corrected chi connectivity index (χ2v) is 6.10. The summed E-state index contributed by atoms with van der Waals surface area (Å²) in [6.45, 7) is 7.50. The van der Waals surface area contributed by atoms with Crippen molar-refractivity contribution in [1.29, 1.82) is 0 Å². The second kappa shape index (κ2) is 7.94. The number of nitrogens with one attached hydrogen (secondary N) is 1. The molecule has 2 aliphatic heterocycles. The molecule has 0 unspecified atom stereocenters. The summed E-state index contributed by atoms with van der Waals surface area (Å²) in [4.78, 5) is 8.30. The molecule has 0 aliphatic carbocycles. The number of H-pyrrole nitrogens is 1. The fraction of sp³-hybridized carbons (Fsp3) is 0.750. The summed E-state index contributed by atoms with van der Waals surface area (Å²) in [5.74, 6) is 0. The SMILES string of the molecule is c1cc(CN2CCCCOC2)[nH]c1CN1CCCCOC1. The maximum absolute atomic E-state index is 5.61. The summed E-state index contributed by atoms with van der Waals surface area (Å²) in [6.07, 6.45) is 4.83. The van der Waals surface area contributed by atoms with Crippen molar-refractivity contribution >= 4 is 0 Å². The molecule has 2 saturated heterocycles. The van der Waals surface area contributed by atoms with Crippen molar-refractivity contribution < 1.29 is 9.47 Å². The second-order valence-electron chi connectivity index (χ2n) is 6.10. The van der Waals surface area contributed by atoms with Crippen LogP contribution in [0.5, 0.6) is 0 Å². The Morgan fingerprint density at radius 2 is 1.33 bits per heavy atom. The van der Waals surface area contributed by atoms with Crippen LogP contribution in [0.25, 0.3) is 0 Å². The van der Waals surface area contributed by atoms with Crippen LogP contribution in [0.1, 0.15) is 37.1 Å². The Bertz CT molecular complexity index is 369. The first-order valence-electron chi connectivity index (χ1n) is 8.17. The van der Waals surface area contributed by atoms with Crippen molar-refractivity contribution in [1.82, 2.24) is 14.8 Å². The lowest BCUT2D eigenvalue weighted by Gasteiger charge is -2.19. The van der Waals surface area contributed by atoms with Crippen LogP contribution in [0.2, 0.25) is 0 Å². The molecule has 0 amide bonds. The van der Waals surface area contributed by atoms with Gasteiger partial charge in [0, 0.05) is 50.8 Å². The fourth-order valence-corrected chi connectivity index (χ4v) is 3.00. The zero-order valence-corrected chi connectivity index (χ0v) is 12.9. The first kappa shape index (κ1) is 15.0. The molecule has 1 N–H and O–H groups in total. The Morgan fingerprint density at radius 3 is 1.86 bits per heavy atom. The Hall–Kier alpha value is -0.880. The molecule has 0 bridgehead atoms. The number of ether oxygens (including phenoxy) is 2. The van der Waals surface area contributed by atoms with Crippen LogP contribution in [-0.2, 0) is 22.6 Å². The third kappa shape index (κ3) is 4.81. The van der Waals surface area contributed by atoms with Gasteiger partial charge in [-0.25, -0.2) is 0 Å². The molecule has 0 saturated carbocycles. The molecule has 0 atom stereocenters. The van der Waals surface area contributed by atoms with Crippen LogP contribution >= 0.6 is 0 Å². The number of aromatic nitrogens is 1. The van der Waals surface area contributed by atoms with Crippen molar-refractivity contribution in [2.75, 3.05) is 39.8 Å². The van der Waals surface area contributed by atoms with E-state index < -0.39 is 0 Å². The lowest BCUT2D eigenvalue weighted by Crippen LogP contribution is -2.26. The zero-order chi connectivity index (χ0) is 14.3. The van der Waals surface area contributed by atoms with Crippen molar-refractivity contribution in [3.63, 3.8) is 0 Å². The molecule has 5 heteroatoms. The van der Waals surface area contributed by atoms with Crippen LogP contribution in [0, 0.1) is 0 Å². The molecule has 5 nitrogen and oxygen atoms in total. The van der Waals surface area contributed by atoms with Gasteiger partial charge in [0.05, 0.1) is 13.5 Å². The van der Waals surface area contributed by atoms with E-state index in [2.05, 4.69) is 26.9 Å². The smallest absolute Gasteiger partial charge is 0.0993 e. The summed E-state index contributed by atoms with van der Waals surface area (Å²) in [5, 5.41) is 0. The molecule has 2 fully saturated rings. The summed E-state index contributed by atoms with van der Waals surface area (Å²) < 4.78 is 11.2. The summed E-state index contributed by atoms with van der Waals surface area (Å²) in [5.41, 5.74) is 2.57. The van der Waals surface area contributed by atoms with Crippen LogP contribution < -0.4 is 0 Å². The zero-order valence-electron chi connectivity index (χ0n) is 12.9. The van der Waals surface area contributed by atoms with Gasteiger partial charge in [-0.15, -0.1) is 0 Å². The Kier molecular flexibility index (Phi) is 5.68. The molecule has 3 heterocycles. The van der Waals surface area contributed by atoms with Crippen molar-refractivity contribution in [3.05, 3.63) is 23.5 Å². The van der Waals surface area contributed by atoms with E-state index in [0.717, 1.165) is 52.9 Å². The van der Waals surface area contributed by atoms with Crippen LogP contribution in [0.15, 0.2) is 12.1 Å². The number of hydrogen-bond acceptors (Lipinski definition) is 4. The third-order valence-corrected chi connectivity index (χ3v) is 4.17. The van der Waals surface area contributed by atoms with Crippen LogP contribution in [-0.4, -0.2) is 54.5 Å². The molecule has 0 spiro atoms. The minimum absolute atomic E-state index is 0.758. The van der Waals surface area contributed by atoms with Crippen molar-refractivity contribution in [2.24, 2.45) is 0 Å². The van der Waals surface area contributed by atoms with Gasteiger partial charge in [0.25, 0.3) is 0 Å². The Morgan fingerprint density at radius 1 is 0.810 bits per heavy atom. The highest BCUT2D eigenvalue weighted by Crippen LogP contribution is 2.12. The van der Waals surface area contributed by atoms with E-state index >= 15 is 0 Å². The number of nitrogens with zero attached hydrogens (tertiary/aromatic N) is 2. The molecule has 0 aromatic carbocycles. The van der Waals surface area contributed by atoms with Gasteiger partial charge in [-0.1, -0.05) is 0 Å². The molecule has 118 valence electrons. The highest BCUT2D eigenvalue weighted by molar-refractivity contribution is 5.13. The van der Waals surface area contributed by atoms with Gasteiger partial charge in [0.1, 0.15) is 0 Å². The molecule has 0 radical (unpaired) electrons. The average Bonchev–Trinajstić information content (AvgIpc) is 2.71. The molecule has 3 rings (SSSR count). The molecular weight excluding hydrogens is 266 g/mol. The summed E-state index contributed by atoms with van der Waals surface area (Å²) in [6, 6.07) is 4.41. The molecule has 2 aliphatic rings. The van der Waals surface area contributed by atoms with Crippen molar-refractivity contribution in [2.45, 2.75) is 38.8 Å². The topological polar surface area (TPSA) is 40.7 Å². The lowest BCUT2D eigenvalue weighted by atomic mass is 10.3. The van der Waals surface area contributed by atoms with E-state index in [1.165, 1.54) is 37.1 Å². The highest BCUT2D eigenvalue weighted by atomic mass is 16.5. The minimum Gasteiger partial charge on any atom is -0.366 e. The predicted molar refractivity (Wildman–Crippen MR) is 81.7 cm³/mol. The van der Waals surface area contributed by atoms with E-state index in [9.17, 15) is 0 Å². The van der Waals surface area contributed by atoms with Gasteiger partial charge in [-0.3, -0.25) is 9.80 Å². The summed E-state index contributed by atoms with van der Waals surface area (Å²) >= 11 is 0. The fourth-order valence-electron chi connectivity index (χ4n) is 3.00. The standard InChI is InChI=1S/C16H27N3O2/c1-3-9-20-13-18(7-1)11-15-5-6-16(17-15)12-19-8-2-4-10-21-14-19/h5-6,17H,1-4,7-14H2. The number of aromatic amines is 1. The van der Waals surface area contributed by atoms with Gasteiger partial charge < -0.3 is 14.5 Å². The van der Waals surface area contributed by atoms with Gasteiger partial charge >= 0.3 is 0 Å². The molecular formula is C16H27N3O2. The molecule has 21 heavy (non-hydrogen) atoms. The van der Waals surface area contributed by atoms with Gasteiger partial charge in [0.2, 0.25) is 0 Å². The summed E-state index contributed by atoms with van der Waals surface area (Å²) in [7, 11) is 0. The average molecular weight is 293 g/mol. The number of rotatable bonds is 4. The lowest BCUT2D eigenvalue weighted by molar-refractivity contribution is 0.0437. The Balaban J connectivity index is 1.50. The highest BCUT2D eigenvalue weighted by Gasteiger charge is 2.13. The first-order valence-corrected chi connectivity index (χ1v) is 8.17. The normalized spacial score (nSPS) is 22.9. The van der Waals surface area contributed by atoms with Gasteiger partial charge in [-0.05, 0) is 37.8 Å². The molecule has 1 aromatic heterocycles. The van der Waals surface area contributed by atoms with E-state index in [-0.39, 0.29) is 0 Å². The largest absolute Gasteiger partial charge is 0.366 e. The number of hydrogen-bond donors (Lipinski definition) is 1. The van der Waals surface area contributed by atoms with Gasteiger partial charge in [-0.2, -0.15) is 0 Å².